The number of piperidine rings is 1. The average molecular weight is 402 g/mol. The molecule has 4 rings (SSSR count). The van der Waals surface area contributed by atoms with Gasteiger partial charge in [0.15, 0.2) is 0 Å². The van der Waals surface area contributed by atoms with Crippen molar-refractivity contribution in [1.82, 2.24) is 9.88 Å². The highest BCUT2D eigenvalue weighted by Gasteiger charge is 2.35. The van der Waals surface area contributed by atoms with E-state index < -0.39 is 0 Å². The number of rotatable bonds is 5. The van der Waals surface area contributed by atoms with Crippen LogP contribution in [0.4, 0.5) is 5.69 Å². The average Bonchev–Trinajstić information content (AvgIpc) is 3.34. The van der Waals surface area contributed by atoms with Crippen molar-refractivity contribution < 1.29 is 9.59 Å². The zero-order valence-corrected chi connectivity index (χ0v) is 17.2. The number of para-hydroxylation sites is 1. The number of nitrogens with one attached hydrogen (secondary N) is 2. The van der Waals surface area contributed by atoms with E-state index in [1.54, 1.807) is 12.3 Å². The zero-order chi connectivity index (χ0) is 20.9. The van der Waals surface area contributed by atoms with E-state index in [4.69, 9.17) is 0 Å². The number of aromatic nitrogens is 1. The number of nitrogens with zero attached hydrogens (tertiary/aromatic N) is 1. The molecule has 3 aromatic rings. The molecule has 30 heavy (non-hydrogen) atoms. The SMILES string of the molecule is CCc1ccc(C2CC(C(=O)Nc3ccccc3)CN(C(=O)c3ccc[nH]3)C2)cc1. The van der Waals surface area contributed by atoms with Crippen LogP contribution in [0.1, 0.15) is 40.9 Å². The number of likely N-dealkylation sites (tertiary alicyclic amines) is 1. The van der Waals surface area contributed by atoms with Crippen molar-refractivity contribution in [2.24, 2.45) is 5.92 Å². The van der Waals surface area contributed by atoms with Crippen LogP contribution in [0.5, 0.6) is 0 Å². The van der Waals surface area contributed by atoms with Crippen LogP contribution in [0, 0.1) is 5.92 Å². The monoisotopic (exact) mass is 401 g/mol. The van der Waals surface area contributed by atoms with Crippen LogP contribution in [0.25, 0.3) is 0 Å². The molecule has 1 fully saturated rings. The summed E-state index contributed by atoms with van der Waals surface area (Å²) in [6.07, 6.45) is 3.46. The highest BCUT2D eigenvalue weighted by atomic mass is 16.2. The molecule has 1 saturated heterocycles. The minimum absolute atomic E-state index is 0.0413. The summed E-state index contributed by atoms with van der Waals surface area (Å²) >= 11 is 0. The Labute approximate surface area is 177 Å². The third-order valence-corrected chi connectivity index (χ3v) is 5.84. The van der Waals surface area contributed by atoms with Crippen LogP contribution in [0.2, 0.25) is 0 Å². The number of amides is 2. The van der Waals surface area contributed by atoms with Crippen LogP contribution in [0.15, 0.2) is 72.9 Å². The fourth-order valence-corrected chi connectivity index (χ4v) is 4.12. The second kappa shape index (κ2) is 8.99. The lowest BCUT2D eigenvalue weighted by molar-refractivity contribution is -0.121. The molecule has 1 aromatic heterocycles. The lowest BCUT2D eigenvalue weighted by Crippen LogP contribution is -2.46. The molecule has 154 valence electrons. The van der Waals surface area contributed by atoms with Crippen LogP contribution in [-0.4, -0.2) is 34.8 Å². The number of hydrogen-bond donors (Lipinski definition) is 2. The van der Waals surface area contributed by atoms with Gasteiger partial charge in [-0.1, -0.05) is 49.4 Å². The van der Waals surface area contributed by atoms with Crippen molar-refractivity contribution >= 4 is 17.5 Å². The van der Waals surface area contributed by atoms with E-state index in [0.717, 1.165) is 18.5 Å². The summed E-state index contributed by atoms with van der Waals surface area (Å²) in [5.41, 5.74) is 3.79. The first kappa shape index (κ1) is 20.0. The Kier molecular flexibility index (Phi) is 5.98. The van der Waals surface area contributed by atoms with E-state index in [1.807, 2.05) is 41.3 Å². The lowest BCUT2D eigenvalue weighted by atomic mass is 9.83. The Balaban J connectivity index is 1.57. The summed E-state index contributed by atoms with van der Waals surface area (Å²) < 4.78 is 0. The van der Waals surface area contributed by atoms with Gasteiger partial charge in [-0.05, 0) is 48.2 Å². The van der Waals surface area contributed by atoms with Crippen LogP contribution < -0.4 is 5.32 Å². The number of aryl methyl sites for hydroxylation is 1. The quantitative estimate of drug-likeness (QED) is 0.663. The van der Waals surface area contributed by atoms with E-state index >= 15 is 0 Å². The molecule has 0 saturated carbocycles. The van der Waals surface area contributed by atoms with Crippen molar-refractivity contribution in [3.05, 3.63) is 89.7 Å². The summed E-state index contributed by atoms with van der Waals surface area (Å²) in [6, 6.07) is 21.6. The van der Waals surface area contributed by atoms with Gasteiger partial charge in [-0.2, -0.15) is 0 Å². The Morgan fingerprint density at radius 1 is 1.00 bits per heavy atom. The zero-order valence-electron chi connectivity index (χ0n) is 17.2. The van der Waals surface area contributed by atoms with E-state index in [0.29, 0.717) is 18.8 Å². The standard InChI is InChI=1S/C25H27N3O2/c1-2-18-10-12-19(13-11-18)20-15-21(24(29)27-22-7-4-3-5-8-22)17-28(16-20)25(30)23-9-6-14-26-23/h3-14,20-21,26H,2,15-17H2,1H3,(H,27,29). The van der Waals surface area contributed by atoms with Crippen molar-refractivity contribution in [3.8, 4) is 0 Å². The van der Waals surface area contributed by atoms with Gasteiger partial charge in [-0.15, -0.1) is 0 Å². The minimum Gasteiger partial charge on any atom is -0.357 e. The topological polar surface area (TPSA) is 65.2 Å². The largest absolute Gasteiger partial charge is 0.357 e. The summed E-state index contributed by atoms with van der Waals surface area (Å²) in [5, 5.41) is 3.01. The lowest BCUT2D eigenvalue weighted by Gasteiger charge is -2.37. The Morgan fingerprint density at radius 3 is 2.43 bits per heavy atom. The van der Waals surface area contributed by atoms with Crippen molar-refractivity contribution in [3.63, 3.8) is 0 Å². The van der Waals surface area contributed by atoms with Gasteiger partial charge < -0.3 is 15.2 Å². The first-order chi connectivity index (χ1) is 14.6. The molecule has 1 aliphatic heterocycles. The Bertz CT molecular complexity index is 981. The molecule has 2 aromatic carbocycles. The smallest absolute Gasteiger partial charge is 0.270 e. The van der Waals surface area contributed by atoms with Gasteiger partial charge >= 0.3 is 0 Å². The molecule has 0 aliphatic carbocycles. The van der Waals surface area contributed by atoms with E-state index in [2.05, 4.69) is 41.5 Å². The third-order valence-electron chi connectivity index (χ3n) is 5.84. The molecule has 2 N–H and O–H groups in total. The molecule has 0 bridgehead atoms. The first-order valence-electron chi connectivity index (χ1n) is 10.5. The van der Waals surface area contributed by atoms with Crippen molar-refractivity contribution in [1.29, 1.82) is 0 Å². The minimum atomic E-state index is -0.270. The molecule has 2 amide bonds. The first-order valence-corrected chi connectivity index (χ1v) is 10.5. The number of H-pyrrole nitrogens is 1. The predicted octanol–water partition coefficient (Wildman–Crippen LogP) is 4.46. The van der Waals surface area contributed by atoms with Crippen LogP contribution in [0.3, 0.4) is 0 Å². The summed E-state index contributed by atoms with van der Waals surface area (Å²) in [5.74, 6) is -0.253. The number of aromatic amines is 1. The molecule has 0 radical (unpaired) electrons. The summed E-state index contributed by atoms with van der Waals surface area (Å²) in [7, 11) is 0. The van der Waals surface area contributed by atoms with Crippen LogP contribution in [-0.2, 0) is 11.2 Å². The molecule has 0 spiro atoms. The van der Waals surface area contributed by atoms with Gasteiger partial charge in [0.1, 0.15) is 5.69 Å². The van der Waals surface area contributed by atoms with Gasteiger partial charge in [0.2, 0.25) is 5.91 Å². The van der Waals surface area contributed by atoms with Gasteiger partial charge in [0.05, 0.1) is 5.92 Å². The predicted molar refractivity (Wildman–Crippen MR) is 118 cm³/mol. The van der Waals surface area contributed by atoms with Gasteiger partial charge in [-0.25, -0.2) is 0 Å². The second-order valence-corrected chi connectivity index (χ2v) is 7.87. The molecular weight excluding hydrogens is 374 g/mol. The maximum absolute atomic E-state index is 13.0. The number of anilines is 1. The maximum Gasteiger partial charge on any atom is 0.270 e. The van der Waals surface area contributed by atoms with Gasteiger partial charge in [0, 0.05) is 30.9 Å². The van der Waals surface area contributed by atoms with E-state index in [9.17, 15) is 9.59 Å². The number of hydrogen-bond acceptors (Lipinski definition) is 2. The molecule has 5 heteroatoms. The fraction of sp³-hybridized carbons (Fsp3) is 0.280. The number of benzene rings is 2. The van der Waals surface area contributed by atoms with E-state index in [-0.39, 0.29) is 23.7 Å². The number of carbonyl (C=O) groups is 2. The number of carbonyl (C=O) groups excluding carboxylic acids is 2. The van der Waals surface area contributed by atoms with Crippen molar-refractivity contribution in [2.75, 3.05) is 18.4 Å². The molecule has 2 unspecified atom stereocenters. The maximum atomic E-state index is 13.0. The van der Waals surface area contributed by atoms with Gasteiger partial charge in [0.25, 0.3) is 5.91 Å². The third kappa shape index (κ3) is 4.46. The summed E-state index contributed by atoms with van der Waals surface area (Å²) in [4.78, 5) is 30.9. The molecule has 2 heterocycles. The molecular formula is C25H27N3O2. The van der Waals surface area contributed by atoms with Crippen LogP contribution >= 0.6 is 0 Å². The Hall–Kier alpha value is -3.34. The van der Waals surface area contributed by atoms with Crippen molar-refractivity contribution in [2.45, 2.75) is 25.7 Å². The van der Waals surface area contributed by atoms with Gasteiger partial charge in [-0.3, -0.25) is 9.59 Å². The molecule has 2 atom stereocenters. The fourth-order valence-electron chi connectivity index (χ4n) is 4.12. The Morgan fingerprint density at radius 2 is 1.77 bits per heavy atom. The molecule has 1 aliphatic rings. The normalized spacial score (nSPS) is 18.8. The highest BCUT2D eigenvalue weighted by Crippen LogP contribution is 2.32. The summed E-state index contributed by atoms with van der Waals surface area (Å²) in [6.45, 7) is 3.16. The second-order valence-electron chi connectivity index (χ2n) is 7.87. The molecule has 5 nitrogen and oxygen atoms in total. The highest BCUT2D eigenvalue weighted by molar-refractivity contribution is 5.95. The van der Waals surface area contributed by atoms with E-state index in [1.165, 1.54) is 11.1 Å².